The minimum atomic E-state index is -2.01. The van der Waals surface area contributed by atoms with Crippen molar-refractivity contribution in [2.24, 2.45) is 0 Å². The number of aryl methyl sites for hydroxylation is 2. The molecule has 0 saturated heterocycles. The van der Waals surface area contributed by atoms with E-state index in [4.69, 9.17) is 0 Å². The van der Waals surface area contributed by atoms with Crippen molar-refractivity contribution in [1.82, 2.24) is 0 Å². The van der Waals surface area contributed by atoms with Crippen LogP contribution >= 0.6 is 0 Å². The van der Waals surface area contributed by atoms with Crippen LogP contribution in [0.3, 0.4) is 0 Å². The predicted octanol–water partition coefficient (Wildman–Crippen LogP) is 16.1. The molecule has 59 heavy (non-hydrogen) atoms. The van der Waals surface area contributed by atoms with E-state index in [0.717, 1.165) is 24.2 Å². The van der Waals surface area contributed by atoms with Gasteiger partial charge >= 0.3 is 0 Å². The molecule has 8 aromatic carbocycles. The molecule has 0 fully saturated rings. The maximum absolute atomic E-state index is 2.64. The van der Waals surface area contributed by atoms with Crippen molar-refractivity contribution in [1.29, 1.82) is 0 Å². The highest BCUT2D eigenvalue weighted by Crippen LogP contribution is 2.61. The second-order valence-electron chi connectivity index (χ2n) is 18.4. The fourth-order valence-corrected chi connectivity index (χ4v) is 23.8. The molecule has 0 radical (unpaired) electrons. The van der Waals surface area contributed by atoms with Gasteiger partial charge in [-0.2, -0.15) is 0 Å². The van der Waals surface area contributed by atoms with E-state index in [0.29, 0.717) is 0 Å². The van der Waals surface area contributed by atoms with Gasteiger partial charge in [-0.15, -0.1) is 0 Å². The topological polar surface area (TPSA) is 6.48 Å². The summed E-state index contributed by atoms with van der Waals surface area (Å²) < 4.78 is -0.0308. The van der Waals surface area contributed by atoms with E-state index in [1.165, 1.54) is 66.5 Å². The third kappa shape index (κ3) is 6.36. The zero-order valence-corrected chi connectivity index (χ0v) is 38.0. The molecule has 0 unspecified atom stereocenters. The molecule has 1 aliphatic rings. The minimum Gasteiger partial charge on any atom is -0.310 e. The number of anilines is 6. The number of benzene rings is 8. The van der Waals surface area contributed by atoms with Gasteiger partial charge in [-0.05, 0) is 141 Å². The molecule has 294 valence electrons. The Labute approximate surface area is 353 Å². The van der Waals surface area contributed by atoms with E-state index in [-0.39, 0.29) is 4.66 Å². The van der Waals surface area contributed by atoms with Crippen LogP contribution in [0.5, 0.6) is 0 Å². The highest BCUT2D eigenvalue weighted by molar-refractivity contribution is 7.00. The highest BCUT2D eigenvalue weighted by atomic mass is 28.4. The summed E-state index contributed by atoms with van der Waals surface area (Å²) in [5, 5.41) is 5.41. The Morgan fingerprint density at radius 1 is 0.373 bits per heavy atom. The summed E-state index contributed by atoms with van der Waals surface area (Å²) in [5.74, 6) is 0. The molecular formula is C55H56N2Si2. The van der Waals surface area contributed by atoms with Crippen molar-refractivity contribution in [3.63, 3.8) is 0 Å². The standard InChI is InChI=1S/C55H56N2Si2/c1-9-39-21-27-45(28-22-39)56(43-17-13-11-14-18-43)47-31-35-49-41(37-47)25-33-51-52-34-26-42-38-48(57(44-19-15-12-16-20-44)46-29-23-40(10-2)24-30-46)32-36-50(42)54(52)55(53(49)51,58(3,4)5)59(6,7)8/h11-38H,9-10H2,1-8H3. The number of nitrogens with zero attached hydrogens (tertiary/aromatic N) is 2. The molecule has 0 atom stereocenters. The van der Waals surface area contributed by atoms with E-state index >= 15 is 0 Å². The molecule has 2 nitrogen and oxygen atoms in total. The summed E-state index contributed by atoms with van der Waals surface area (Å²) in [5.41, 5.74) is 15.7. The second-order valence-corrected chi connectivity index (χ2v) is 29.4. The van der Waals surface area contributed by atoms with Crippen molar-refractivity contribution < 1.29 is 0 Å². The molecule has 8 aromatic rings. The summed E-state index contributed by atoms with van der Waals surface area (Å²) >= 11 is 0. The summed E-state index contributed by atoms with van der Waals surface area (Å²) in [6.45, 7) is 20.3. The van der Waals surface area contributed by atoms with E-state index in [9.17, 15) is 0 Å². The Morgan fingerprint density at radius 2 is 0.712 bits per heavy atom. The summed E-state index contributed by atoms with van der Waals surface area (Å²) in [6.07, 6.45) is 2.06. The lowest BCUT2D eigenvalue weighted by Crippen LogP contribution is -2.63. The average molecular weight is 801 g/mol. The first kappa shape index (κ1) is 38.8. The molecule has 0 spiro atoms. The lowest BCUT2D eigenvalue weighted by atomic mass is 9.97. The van der Waals surface area contributed by atoms with Gasteiger partial charge in [-0.3, -0.25) is 0 Å². The van der Waals surface area contributed by atoms with Crippen LogP contribution in [0.25, 0.3) is 32.7 Å². The van der Waals surface area contributed by atoms with Crippen LogP contribution in [-0.2, 0) is 17.5 Å². The molecule has 9 rings (SSSR count). The van der Waals surface area contributed by atoms with Crippen LogP contribution in [0.4, 0.5) is 34.1 Å². The summed E-state index contributed by atoms with van der Waals surface area (Å²) in [7, 11) is -4.01. The van der Waals surface area contributed by atoms with Crippen molar-refractivity contribution in [3.05, 3.63) is 192 Å². The first-order valence-electron chi connectivity index (χ1n) is 21.5. The predicted molar refractivity (Wildman–Crippen MR) is 262 cm³/mol. The third-order valence-corrected chi connectivity index (χ3v) is 23.0. The lowest BCUT2D eigenvalue weighted by Gasteiger charge is -2.52. The van der Waals surface area contributed by atoms with E-state index in [1.807, 2.05) is 0 Å². The van der Waals surface area contributed by atoms with Gasteiger partial charge in [-0.25, -0.2) is 0 Å². The molecule has 0 N–H and O–H groups in total. The SMILES string of the molecule is CCc1ccc(N(c2ccccc2)c2ccc3c4c(ccc3c2)-c2ccc3cc(N(c5ccccc5)c5ccc(CC)cc5)ccc3c2C4([Si](C)(C)C)[Si](C)(C)C)cc1. The van der Waals surface area contributed by atoms with Crippen LogP contribution in [0.15, 0.2) is 170 Å². The van der Waals surface area contributed by atoms with Crippen LogP contribution in [0.2, 0.25) is 39.3 Å². The van der Waals surface area contributed by atoms with Gasteiger partial charge in [0, 0.05) is 38.8 Å². The molecule has 0 amide bonds. The van der Waals surface area contributed by atoms with Gasteiger partial charge in [0.2, 0.25) is 0 Å². The van der Waals surface area contributed by atoms with Crippen molar-refractivity contribution >= 4 is 71.8 Å². The molecule has 4 heteroatoms. The Morgan fingerprint density at radius 3 is 1.05 bits per heavy atom. The summed E-state index contributed by atoms with van der Waals surface area (Å²) in [4.78, 5) is 4.82. The first-order chi connectivity index (χ1) is 28.4. The number of hydrogen-bond donors (Lipinski definition) is 0. The van der Waals surface area contributed by atoms with Crippen LogP contribution in [0, 0.1) is 0 Å². The largest absolute Gasteiger partial charge is 0.310 e. The fraction of sp³-hybridized carbons (Fsp3) is 0.200. The third-order valence-electron chi connectivity index (χ3n) is 13.0. The fourth-order valence-electron chi connectivity index (χ4n) is 10.7. The van der Waals surface area contributed by atoms with E-state index in [2.05, 4.69) is 233 Å². The van der Waals surface area contributed by atoms with Gasteiger partial charge in [0.05, 0.1) is 16.1 Å². The Balaban J connectivity index is 1.25. The Kier molecular flexibility index (Phi) is 9.77. The van der Waals surface area contributed by atoms with E-state index in [1.54, 1.807) is 11.1 Å². The van der Waals surface area contributed by atoms with Gasteiger partial charge < -0.3 is 9.80 Å². The van der Waals surface area contributed by atoms with Crippen LogP contribution in [0.1, 0.15) is 36.1 Å². The quantitative estimate of drug-likeness (QED) is 0.127. The minimum absolute atomic E-state index is 0.0308. The Bertz CT molecular complexity index is 2600. The van der Waals surface area contributed by atoms with Gasteiger partial charge in [0.15, 0.2) is 0 Å². The zero-order valence-electron chi connectivity index (χ0n) is 36.0. The first-order valence-corrected chi connectivity index (χ1v) is 28.5. The second kappa shape index (κ2) is 14.8. The normalized spacial score (nSPS) is 13.4. The molecule has 0 aliphatic heterocycles. The molecule has 1 aliphatic carbocycles. The summed E-state index contributed by atoms with van der Waals surface area (Å²) in [6, 6.07) is 64.0. The number of fused-ring (bicyclic) bond motifs is 7. The van der Waals surface area contributed by atoms with Gasteiger partial charge in [0.25, 0.3) is 0 Å². The van der Waals surface area contributed by atoms with Crippen molar-refractivity contribution in [3.8, 4) is 11.1 Å². The monoisotopic (exact) mass is 800 g/mol. The van der Waals surface area contributed by atoms with Crippen molar-refractivity contribution in [2.45, 2.75) is 70.6 Å². The average Bonchev–Trinajstić information content (AvgIpc) is 3.58. The molecule has 0 heterocycles. The van der Waals surface area contributed by atoms with Crippen LogP contribution < -0.4 is 9.80 Å². The smallest absolute Gasteiger partial charge is 0.0579 e. The lowest BCUT2D eigenvalue weighted by molar-refractivity contribution is 0.972. The molecular weight excluding hydrogens is 745 g/mol. The number of rotatable bonds is 10. The maximum Gasteiger partial charge on any atom is 0.0579 e. The number of hydrogen-bond acceptors (Lipinski definition) is 2. The molecule has 0 aromatic heterocycles. The molecule has 0 bridgehead atoms. The highest BCUT2D eigenvalue weighted by Gasteiger charge is 2.60. The van der Waals surface area contributed by atoms with Gasteiger partial charge in [0.1, 0.15) is 0 Å². The zero-order chi connectivity index (χ0) is 41.1. The van der Waals surface area contributed by atoms with E-state index < -0.39 is 16.1 Å². The van der Waals surface area contributed by atoms with Crippen LogP contribution in [-0.4, -0.2) is 16.1 Å². The molecule has 0 saturated carbocycles. The van der Waals surface area contributed by atoms with Crippen molar-refractivity contribution in [2.75, 3.05) is 9.80 Å². The Hall–Kier alpha value is -5.69. The maximum atomic E-state index is 2.64. The number of para-hydroxylation sites is 2. The van der Waals surface area contributed by atoms with Gasteiger partial charge in [-0.1, -0.05) is 150 Å².